The molecule has 0 bridgehead atoms. The molecule has 0 saturated carbocycles. The van der Waals surface area contributed by atoms with Gasteiger partial charge in [-0.15, -0.1) is 0 Å². The maximum Gasteiger partial charge on any atom is 0.133 e. The van der Waals surface area contributed by atoms with Crippen LogP contribution in [0.4, 0.5) is 0 Å². The van der Waals surface area contributed by atoms with E-state index < -0.39 is 0 Å². The van der Waals surface area contributed by atoms with Gasteiger partial charge < -0.3 is 9.15 Å². The van der Waals surface area contributed by atoms with Crippen LogP contribution in [-0.4, -0.2) is 7.11 Å². The normalized spacial score (nSPS) is 10.8. The molecule has 4 rings (SSSR count). The molecule has 2 heteroatoms. The van der Waals surface area contributed by atoms with Crippen molar-refractivity contribution in [1.82, 2.24) is 0 Å². The second-order valence-corrected chi connectivity index (χ2v) is 4.38. The first kappa shape index (κ1) is 10.9. The van der Waals surface area contributed by atoms with Crippen molar-refractivity contribution in [2.75, 3.05) is 7.11 Å². The Kier molecular flexibility index (Phi) is 2.56. The summed E-state index contributed by atoms with van der Waals surface area (Å²) in [5.41, 5.74) is 2.24. The van der Waals surface area contributed by atoms with Crippen molar-refractivity contribution in [3.8, 4) is 5.75 Å². The van der Waals surface area contributed by atoms with Gasteiger partial charge in [0.25, 0.3) is 0 Å². The molecule has 2 aliphatic carbocycles. The lowest BCUT2D eigenvalue weighted by Gasteiger charge is -2.08. The lowest BCUT2D eigenvalue weighted by atomic mass is 10.1. The summed E-state index contributed by atoms with van der Waals surface area (Å²) < 4.78 is 10.1. The predicted molar refractivity (Wildman–Crippen MR) is 71.6 cm³/mol. The van der Waals surface area contributed by atoms with Gasteiger partial charge in [-0.05, 0) is 36.4 Å². The van der Waals surface area contributed by atoms with Gasteiger partial charge >= 0.3 is 0 Å². The molecule has 1 heterocycles. The number of fused-ring (bicyclic) bond motifs is 1. The Labute approximate surface area is 105 Å². The van der Waals surface area contributed by atoms with Gasteiger partial charge in [0, 0.05) is 10.6 Å². The number of methoxy groups -OCH3 is 1. The van der Waals surface area contributed by atoms with Crippen molar-refractivity contribution in [1.29, 1.82) is 0 Å². The molecule has 0 radical (unpaired) electrons. The van der Waals surface area contributed by atoms with Crippen LogP contribution in [0, 0.1) is 17.4 Å². The standard InChI is InChI=1S/C9H8O.C7H6O/c1-7-2-3-9-8(6-7)4-5-10-9;1-8-7-4-5-2-3-6(5)7/h2-6H,1H3;2-4H,1H3. The lowest BCUT2D eigenvalue weighted by Crippen LogP contribution is -1.92. The molecule has 0 unspecified atom stereocenters. The smallest absolute Gasteiger partial charge is 0.133 e. The molecule has 2 aromatic rings. The van der Waals surface area contributed by atoms with E-state index in [0.29, 0.717) is 0 Å². The topological polar surface area (TPSA) is 22.4 Å². The number of benzene rings is 2. The van der Waals surface area contributed by atoms with E-state index in [0.717, 1.165) is 11.3 Å². The van der Waals surface area contributed by atoms with E-state index in [2.05, 4.69) is 25.1 Å². The van der Waals surface area contributed by atoms with Crippen LogP contribution in [0.15, 0.2) is 53.1 Å². The molecule has 1 aromatic carbocycles. The number of hydrogen-bond donors (Lipinski definition) is 0. The first-order valence-corrected chi connectivity index (χ1v) is 5.90. The maximum atomic E-state index is 5.17. The molecule has 0 N–H and O–H groups in total. The number of ether oxygens (including phenoxy) is 1. The summed E-state index contributed by atoms with van der Waals surface area (Å²) in [5, 5.41) is 3.80. The monoisotopic (exact) mass is 238 g/mol. The van der Waals surface area contributed by atoms with Crippen molar-refractivity contribution >= 4 is 11.0 Å². The van der Waals surface area contributed by atoms with E-state index in [1.54, 1.807) is 13.4 Å². The van der Waals surface area contributed by atoms with Crippen LogP contribution >= 0.6 is 0 Å². The van der Waals surface area contributed by atoms with Crippen molar-refractivity contribution < 1.29 is 9.15 Å². The SMILES string of the molecule is COc1cc2ccc1=2.Cc1ccc2occc2c1. The molecule has 1 aromatic heterocycles. The van der Waals surface area contributed by atoms with Crippen molar-refractivity contribution in [3.63, 3.8) is 0 Å². The van der Waals surface area contributed by atoms with Crippen LogP contribution in [0.1, 0.15) is 5.56 Å². The number of hydrogen-bond acceptors (Lipinski definition) is 2. The van der Waals surface area contributed by atoms with Crippen LogP contribution in [-0.2, 0) is 0 Å². The van der Waals surface area contributed by atoms with Gasteiger partial charge in [-0.2, -0.15) is 0 Å². The summed E-state index contributed by atoms with van der Waals surface area (Å²) >= 11 is 0. The Morgan fingerprint density at radius 2 is 1.89 bits per heavy atom. The van der Waals surface area contributed by atoms with Crippen LogP contribution in [0.5, 0.6) is 5.75 Å². The van der Waals surface area contributed by atoms with E-state index in [1.165, 1.54) is 21.4 Å². The van der Waals surface area contributed by atoms with E-state index in [-0.39, 0.29) is 0 Å². The maximum absolute atomic E-state index is 5.17. The predicted octanol–water partition coefficient (Wildman–Crippen LogP) is 4.04. The van der Waals surface area contributed by atoms with Gasteiger partial charge in [-0.1, -0.05) is 23.8 Å². The van der Waals surface area contributed by atoms with E-state index in [1.807, 2.05) is 24.3 Å². The molecular weight excluding hydrogens is 224 g/mol. The number of rotatable bonds is 1. The Morgan fingerprint density at radius 3 is 2.44 bits per heavy atom. The highest BCUT2D eigenvalue weighted by molar-refractivity contribution is 5.77. The van der Waals surface area contributed by atoms with Gasteiger partial charge in [0.05, 0.1) is 13.4 Å². The molecule has 2 aliphatic rings. The molecule has 0 atom stereocenters. The fourth-order valence-corrected chi connectivity index (χ4v) is 2.01. The van der Waals surface area contributed by atoms with Gasteiger partial charge in [0.15, 0.2) is 0 Å². The largest absolute Gasteiger partial charge is 0.496 e. The van der Waals surface area contributed by atoms with Crippen LogP contribution in [0.3, 0.4) is 0 Å². The fourth-order valence-electron chi connectivity index (χ4n) is 2.01. The number of aryl methyl sites for hydroxylation is 1. The lowest BCUT2D eigenvalue weighted by molar-refractivity contribution is 0.407. The minimum Gasteiger partial charge on any atom is -0.496 e. The first-order chi connectivity index (χ1) is 8.78. The minimum absolute atomic E-state index is 0.964. The zero-order valence-electron chi connectivity index (χ0n) is 10.4. The van der Waals surface area contributed by atoms with Crippen LogP contribution < -0.4 is 4.74 Å². The molecule has 90 valence electrons. The minimum atomic E-state index is 0.964. The first-order valence-electron chi connectivity index (χ1n) is 5.90. The molecule has 2 nitrogen and oxygen atoms in total. The highest BCUT2D eigenvalue weighted by Gasteiger charge is 2.03. The Balaban J connectivity index is 0.000000114. The third kappa shape index (κ3) is 1.76. The highest BCUT2D eigenvalue weighted by Crippen LogP contribution is 2.22. The van der Waals surface area contributed by atoms with Gasteiger partial charge in [-0.3, -0.25) is 0 Å². The van der Waals surface area contributed by atoms with Gasteiger partial charge in [-0.25, -0.2) is 0 Å². The second kappa shape index (κ2) is 4.22. The van der Waals surface area contributed by atoms with E-state index >= 15 is 0 Å². The van der Waals surface area contributed by atoms with Crippen LogP contribution in [0.25, 0.3) is 11.0 Å². The molecule has 18 heavy (non-hydrogen) atoms. The molecule has 0 saturated heterocycles. The quantitative estimate of drug-likeness (QED) is 0.499. The second-order valence-electron chi connectivity index (χ2n) is 4.38. The molecule has 0 aliphatic heterocycles. The van der Waals surface area contributed by atoms with E-state index in [4.69, 9.17) is 9.15 Å². The highest BCUT2D eigenvalue weighted by atomic mass is 16.5. The Morgan fingerprint density at radius 1 is 1.00 bits per heavy atom. The molecule has 0 fully saturated rings. The molecular formula is C16H14O2. The summed E-state index contributed by atoms with van der Waals surface area (Å²) in [5.74, 6) is 1.03. The van der Waals surface area contributed by atoms with Gasteiger partial charge in [0.1, 0.15) is 11.3 Å². The van der Waals surface area contributed by atoms with Crippen molar-refractivity contribution in [3.05, 3.63) is 64.7 Å². The summed E-state index contributed by atoms with van der Waals surface area (Å²) in [6.07, 6.45) is 1.71. The summed E-state index contributed by atoms with van der Waals surface area (Å²) in [6, 6.07) is 14.3. The summed E-state index contributed by atoms with van der Waals surface area (Å²) in [6.45, 7) is 2.08. The summed E-state index contributed by atoms with van der Waals surface area (Å²) in [7, 11) is 1.70. The fraction of sp³-hybridized carbons (Fsp3) is 0.125. The number of furan rings is 1. The molecule has 0 spiro atoms. The average molecular weight is 238 g/mol. The van der Waals surface area contributed by atoms with Gasteiger partial charge in [0.2, 0.25) is 0 Å². The van der Waals surface area contributed by atoms with Crippen molar-refractivity contribution in [2.45, 2.75) is 6.92 Å². The average Bonchev–Trinajstić information content (AvgIpc) is 2.80. The third-order valence-corrected chi connectivity index (χ3v) is 3.12. The van der Waals surface area contributed by atoms with Crippen molar-refractivity contribution in [2.24, 2.45) is 0 Å². The molecule has 0 amide bonds. The Bertz CT molecular complexity index is 784. The zero-order valence-corrected chi connectivity index (χ0v) is 10.4. The zero-order chi connectivity index (χ0) is 12.5. The Hall–Kier alpha value is -2.22. The summed E-state index contributed by atoms with van der Waals surface area (Å²) in [4.78, 5) is 0. The van der Waals surface area contributed by atoms with E-state index in [9.17, 15) is 0 Å². The van der Waals surface area contributed by atoms with Crippen LogP contribution in [0.2, 0.25) is 0 Å². The third-order valence-electron chi connectivity index (χ3n) is 3.12.